The topological polar surface area (TPSA) is 45.8 Å². The fourth-order valence-corrected chi connectivity index (χ4v) is 1.43. The Bertz CT molecular complexity index is 487. The molecule has 2 aromatic heterocycles. The number of nitrogens with one attached hydrogen (secondary N) is 1. The number of rotatable bonds is 1. The van der Waals surface area contributed by atoms with E-state index in [1.807, 2.05) is 19.1 Å². The van der Waals surface area contributed by atoms with Gasteiger partial charge in [-0.05, 0) is 18.6 Å². The van der Waals surface area contributed by atoms with Crippen LogP contribution in [0.15, 0.2) is 29.2 Å². The van der Waals surface area contributed by atoms with Crippen LogP contribution in [0.1, 0.15) is 12.6 Å². The van der Waals surface area contributed by atoms with Crippen molar-refractivity contribution >= 4 is 10.9 Å². The second kappa shape index (κ2) is 3.01. The fourth-order valence-electron chi connectivity index (χ4n) is 1.43. The van der Waals surface area contributed by atoms with E-state index in [4.69, 9.17) is 0 Å². The molecule has 3 nitrogen and oxygen atoms in total. The number of fused-ring (bicyclic) bond motifs is 1. The van der Waals surface area contributed by atoms with Crippen molar-refractivity contribution in [3.63, 3.8) is 0 Å². The Morgan fingerprint density at radius 3 is 3.00 bits per heavy atom. The molecule has 3 heteroatoms. The van der Waals surface area contributed by atoms with Gasteiger partial charge in [0.25, 0.3) is 0 Å². The predicted molar refractivity (Wildman–Crippen MR) is 51.7 cm³/mol. The predicted octanol–water partition coefficient (Wildman–Crippen LogP) is 1.49. The van der Waals surface area contributed by atoms with Crippen LogP contribution < -0.4 is 5.56 Å². The molecule has 1 N–H and O–H groups in total. The van der Waals surface area contributed by atoms with Crippen molar-refractivity contribution < 1.29 is 0 Å². The van der Waals surface area contributed by atoms with Gasteiger partial charge in [-0.15, -0.1) is 0 Å². The van der Waals surface area contributed by atoms with Crippen molar-refractivity contribution in [2.24, 2.45) is 0 Å². The lowest BCUT2D eigenvalue weighted by molar-refractivity contribution is 1.05. The summed E-state index contributed by atoms with van der Waals surface area (Å²) in [6.07, 6.45) is 2.60. The largest absolute Gasteiger partial charge is 0.322 e. The van der Waals surface area contributed by atoms with Gasteiger partial charge >= 0.3 is 0 Å². The molecule has 0 aliphatic carbocycles. The smallest absolute Gasteiger partial charge is 0.248 e. The van der Waals surface area contributed by atoms with Crippen LogP contribution in [0, 0.1) is 0 Å². The molecule has 0 unspecified atom stereocenters. The van der Waals surface area contributed by atoms with Crippen LogP contribution in [0.4, 0.5) is 0 Å². The molecule has 2 rings (SSSR count). The summed E-state index contributed by atoms with van der Waals surface area (Å²) in [5.74, 6) is 0. The Kier molecular flexibility index (Phi) is 1.85. The van der Waals surface area contributed by atoms with E-state index in [-0.39, 0.29) is 5.56 Å². The average Bonchev–Trinajstić information content (AvgIpc) is 2.16. The Labute approximate surface area is 75.4 Å². The molecule has 0 amide bonds. The number of hydrogen-bond donors (Lipinski definition) is 1. The van der Waals surface area contributed by atoms with Crippen LogP contribution in [0.3, 0.4) is 0 Å². The van der Waals surface area contributed by atoms with Crippen molar-refractivity contribution in [2.45, 2.75) is 13.3 Å². The SMILES string of the molecule is CCc1nccc2[nH]c(=O)ccc12. The molecule has 0 fully saturated rings. The minimum atomic E-state index is -0.0687. The van der Waals surface area contributed by atoms with Gasteiger partial charge in [0.1, 0.15) is 0 Å². The van der Waals surface area contributed by atoms with Crippen LogP contribution in [-0.4, -0.2) is 9.97 Å². The second-order valence-electron chi connectivity index (χ2n) is 2.90. The summed E-state index contributed by atoms with van der Waals surface area (Å²) >= 11 is 0. The van der Waals surface area contributed by atoms with Gasteiger partial charge in [0.15, 0.2) is 0 Å². The number of aryl methyl sites for hydroxylation is 1. The Hall–Kier alpha value is -1.64. The van der Waals surface area contributed by atoms with Gasteiger partial charge in [0, 0.05) is 23.3 Å². The first kappa shape index (κ1) is 7.98. The van der Waals surface area contributed by atoms with E-state index in [9.17, 15) is 4.79 Å². The first-order valence-electron chi connectivity index (χ1n) is 4.28. The highest BCUT2D eigenvalue weighted by molar-refractivity contribution is 5.80. The van der Waals surface area contributed by atoms with Crippen molar-refractivity contribution in [1.29, 1.82) is 0 Å². The fraction of sp³-hybridized carbons (Fsp3) is 0.200. The average molecular weight is 174 g/mol. The summed E-state index contributed by atoms with van der Waals surface area (Å²) in [5.41, 5.74) is 1.81. The third-order valence-corrected chi connectivity index (χ3v) is 2.07. The molecule has 0 atom stereocenters. The lowest BCUT2D eigenvalue weighted by Gasteiger charge is -2.01. The van der Waals surface area contributed by atoms with Crippen molar-refractivity contribution in [3.8, 4) is 0 Å². The van der Waals surface area contributed by atoms with Crippen molar-refractivity contribution in [1.82, 2.24) is 9.97 Å². The standard InChI is InChI=1S/C10H10N2O/c1-2-8-7-3-4-10(13)12-9(7)5-6-11-8/h3-6H,2H2,1H3,(H,12,13). The molecule has 0 aliphatic heterocycles. The summed E-state index contributed by atoms with van der Waals surface area (Å²) < 4.78 is 0. The summed E-state index contributed by atoms with van der Waals surface area (Å²) in [5, 5.41) is 1.03. The number of hydrogen-bond acceptors (Lipinski definition) is 2. The Morgan fingerprint density at radius 1 is 1.38 bits per heavy atom. The molecule has 0 aliphatic rings. The van der Waals surface area contributed by atoms with Gasteiger partial charge in [-0.2, -0.15) is 0 Å². The quantitative estimate of drug-likeness (QED) is 0.711. The number of pyridine rings is 2. The third kappa shape index (κ3) is 1.33. The summed E-state index contributed by atoms with van der Waals surface area (Å²) in [7, 11) is 0. The number of nitrogens with zero attached hydrogens (tertiary/aromatic N) is 1. The van der Waals surface area contributed by atoms with Gasteiger partial charge in [-0.3, -0.25) is 9.78 Å². The van der Waals surface area contributed by atoms with E-state index in [0.29, 0.717) is 0 Å². The first-order valence-corrected chi connectivity index (χ1v) is 4.28. The number of H-pyrrole nitrogens is 1. The van der Waals surface area contributed by atoms with E-state index < -0.39 is 0 Å². The van der Waals surface area contributed by atoms with E-state index in [1.165, 1.54) is 6.07 Å². The van der Waals surface area contributed by atoms with Gasteiger partial charge < -0.3 is 4.98 Å². The van der Waals surface area contributed by atoms with Gasteiger partial charge in [-0.25, -0.2) is 0 Å². The van der Waals surface area contributed by atoms with Crippen molar-refractivity contribution in [2.75, 3.05) is 0 Å². The lowest BCUT2D eigenvalue weighted by Crippen LogP contribution is -2.03. The maximum atomic E-state index is 11.0. The summed E-state index contributed by atoms with van der Waals surface area (Å²) in [6, 6.07) is 5.17. The van der Waals surface area contributed by atoms with E-state index >= 15 is 0 Å². The molecule has 0 spiro atoms. The molecular formula is C10H10N2O. The highest BCUT2D eigenvalue weighted by atomic mass is 16.1. The van der Waals surface area contributed by atoms with Crippen LogP contribution in [0.2, 0.25) is 0 Å². The zero-order valence-corrected chi connectivity index (χ0v) is 7.37. The molecule has 0 saturated heterocycles. The molecule has 0 saturated carbocycles. The molecule has 0 aromatic carbocycles. The molecule has 0 bridgehead atoms. The molecule has 0 radical (unpaired) electrons. The summed E-state index contributed by atoms with van der Waals surface area (Å²) in [4.78, 5) is 18.0. The van der Waals surface area contributed by atoms with E-state index in [0.717, 1.165) is 23.0 Å². The normalized spacial score (nSPS) is 10.5. The minimum absolute atomic E-state index is 0.0687. The zero-order valence-electron chi connectivity index (χ0n) is 7.37. The van der Waals surface area contributed by atoms with E-state index in [1.54, 1.807) is 6.20 Å². The maximum Gasteiger partial charge on any atom is 0.248 e. The van der Waals surface area contributed by atoms with Gasteiger partial charge in [-0.1, -0.05) is 6.92 Å². The molecular weight excluding hydrogens is 164 g/mol. The van der Waals surface area contributed by atoms with Crippen LogP contribution >= 0.6 is 0 Å². The highest BCUT2D eigenvalue weighted by Gasteiger charge is 1.99. The zero-order chi connectivity index (χ0) is 9.26. The summed E-state index contributed by atoms with van der Waals surface area (Å²) in [6.45, 7) is 2.05. The van der Waals surface area contributed by atoms with Crippen LogP contribution in [0.5, 0.6) is 0 Å². The highest BCUT2D eigenvalue weighted by Crippen LogP contribution is 2.12. The maximum absolute atomic E-state index is 11.0. The first-order chi connectivity index (χ1) is 6.31. The van der Waals surface area contributed by atoms with Gasteiger partial charge in [0.2, 0.25) is 5.56 Å². The lowest BCUT2D eigenvalue weighted by atomic mass is 10.2. The molecule has 66 valence electrons. The minimum Gasteiger partial charge on any atom is -0.322 e. The second-order valence-corrected chi connectivity index (χ2v) is 2.90. The van der Waals surface area contributed by atoms with Crippen molar-refractivity contribution in [3.05, 3.63) is 40.4 Å². The molecule has 13 heavy (non-hydrogen) atoms. The molecule has 2 heterocycles. The monoisotopic (exact) mass is 174 g/mol. The Balaban J connectivity index is 2.85. The number of aromatic nitrogens is 2. The molecule has 2 aromatic rings. The number of aromatic amines is 1. The third-order valence-electron chi connectivity index (χ3n) is 2.07. The van der Waals surface area contributed by atoms with Crippen LogP contribution in [-0.2, 0) is 6.42 Å². The van der Waals surface area contributed by atoms with Crippen LogP contribution in [0.25, 0.3) is 10.9 Å². The van der Waals surface area contributed by atoms with Gasteiger partial charge in [0.05, 0.1) is 5.52 Å². The van der Waals surface area contributed by atoms with E-state index in [2.05, 4.69) is 9.97 Å². The Morgan fingerprint density at radius 2 is 2.23 bits per heavy atom.